The van der Waals surface area contributed by atoms with Crippen LogP contribution < -0.4 is 0 Å². The normalized spacial score (nSPS) is 24.1. The minimum absolute atomic E-state index is 0.345. The summed E-state index contributed by atoms with van der Waals surface area (Å²) in [4.78, 5) is 0. The van der Waals surface area contributed by atoms with Crippen LogP contribution in [-0.2, 0) is 27.4 Å². The van der Waals surface area contributed by atoms with Crippen molar-refractivity contribution in [1.29, 1.82) is 0 Å². The van der Waals surface area contributed by atoms with Crippen molar-refractivity contribution in [2.75, 3.05) is 6.61 Å². The molecule has 25 heavy (non-hydrogen) atoms. The average Bonchev–Trinajstić information content (AvgIpc) is 3.03. The molecule has 4 atom stereocenters. The first-order chi connectivity index (χ1) is 12.3. The van der Waals surface area contributed by atoms with Crippen molar-refractivity contribution in [1.82, 2.24) is 0 Å². The highest BCUT2D eigenvalue weighted by Gasteiger charge is 2.41. The Kier molecular flexibility index (Phi) is 6.36. The molecule has 0 amide bonds. The van der Waals surface area contributed by atoms with Gasteiger partial charge >= 0.3 is 0 Å². The van der Waals surface area contributed by atoms with Gasteiger partial charge in [-0.3, -0.25) is 0 Å². The van der Waals surface area contributed by atoms with Crippen molar-refractivity contribution in [2.45, 2.75) is 37.6 Å². The second-order valence-electron chi connectivity index (χ2n) is 6.12. The molecule has 4 heteroatoms. The zero-order valence-corrected chi connectivity index (χ0v) is 14.2. The highest BCUT2D eigenvalue weighted by Crippen LogP contribution is 2.24. The van der Waals surface area contributed by atoms with Crippen molar-refractivity contribution in [3.8, 4) is 0 Å². The van der Waals surface area contributed by atoms with Gasteiger partial charge in [0.15, 0.2) is 0 Å². The molecule has 0 spiro atoms. The SMILES string of the molecule is C=CC(OCc1ccccc1)C1OCC(OCc2ccccc2)C1O. The molecular formula is C21H24O4. The van der Waals surface area contributed by atoms with Crippen LogP contribution in [0.15, 0.2) is 73.3 Å². The number of hydrogen-bond donors (Lipinski definition) is 1. The maximum atomic E-state index is 10.5. The lowest BCUT2D eigenvalue weighted by Crippen LogP contribution is -2.39. The summed E-state index contributed by atoms with van der Waals surface area (Å²) in [5.41, 5.74) is 2.14. The first-order valence-electron chi connectivity index (χ1n) is 8.51. The molecule has 0 saturated carbocycles. The highest BCUT2D eigenvalue weighted by atomic mass is 16.6. The number of rotatable bonds is 8. The van der Waals surface area contributed by atoms with Gasteiger partial charge in [-0.2, -0.15) is 0 Å². The molecule has 2 aromatic carbocycles. The van der Waals surface area contributed by atoms with E-state index < -0.39 is 12.2 Å². The van der Waals surface area contributed by atoms with Crippen LogP contribution >= 0.6 is 0 Å². The molecule has 1 N–H and O–H groups in total. The minimum Gasteiger partial charge on any atom is -0.387 e. The van der Waals surface area contributed by atoms with Gasteiger partial charge in [-0.05, 0) is 11.1 Å². The van der Waals surface area contributed by atoms with Crippen molar-refractivity contribution >= 4 is 0 Å². The minimum atomic E-state index is -0.748. The van der Waals surface area contributed by atoms with Gasteiger partial charge in [-0.25, -0.2) is 0 Å². The summed E-state index contributed by atoms with van der Waals surface area (Å²) in [6.07, 6.45) is -0.297. The second kappa shape index (κ2) is 8.92. The van der Waals surface area contributed by atoms with E-state index in [4.69, 9.17) is 14.2 Å². The predicted molar refractivity (Wildman–Crippen MR) is 96.0 cm³/mol. The molecule has 0 aromatic heterocycles. The van der Waals surface area contributed by atoms with Crippen LogP contribution in [0.5, 0.6) is 0 Å². The Bertz CT molecular complexity index is 643. The summed E-state index contributed by atoms with van der Waals surface area (Å²) in [5.74, 6) is 0. The Balaban J connectivity index is 1.52. The lowest BCUT2D eigenvalue weighted by molar-refractivity contribution is -0.0734. The first kappa shape index (κ1) is 17.8. The van der Waals surface area contributed by atoms with Gasteiger partial charge in [-0.15, -0.1) is 6.58 Å². The maximum Gasteiger partial charge on any atom is 0.116 e. The molecular weight excluding hydrogens is 316 g/mol. The summed E-state index contributed by atoms with van der Waals surface area (Å²) < 4.78 is 17.4. The molecule has 3 rings (SSSR count). The van der Waals surface area contributed by atoms with Crippen LogP contribution in [0.25, 0.3) is 0 Å². The molecule has 0 aliphatic carbocycles. The molecule has 1 heterocycles. The molecule has 1 fully saturated rings. The molecule has 1 aliphatic rings. The first-order valence-corrected chi connectivity index (χ1v) is 8.51. The van der Waals surface area contributed by atoms with E-state index in [0.29, 0.717) is 19.8 Å². The van der Waals surface area contributed by atoms with Crippen molar-refractivity contribution in [2.24, 2.45) is 0 Å². The fourth-order valence-electron chi connectivity index (χ4n) is 2.89. The van der Waals surface area contributed by atoms with Gasteiger partial charge < -0.3 is 19.3 Å². The molecule has 0 bridgehead atoms. The molecule has 4 unspecified atom stereocenters. The molecule has 4 nitrogen and oxygen atoms in total. The largest absolute Gasteiger partial charge is 0.387 e. The van der Waals surface area contributed by atoms with Crippen LogP contribution in [0.2, 0.25) is 0 Å². The van der Waals surface area contributed by atoms with Crippen molar-refractivity contribution in [3.63, 3.8) is 0 Å². The third kappa shape index (κ3) is 4.77. The Morgan fingerprint density at radius 3 is 2.24 bits per heavy atom. The maximum absolute atomic E-state index is 10.5. The zero-order valence-electron chi connectivity index (χ0n) is 14.2. The highest BCUT2D eigenvalue weighted by molar-refractivity contribution is 5.14. The number of ether oxygens (including phenoxy) is 3. The van der Waals surface area contributed by atoms with E-state index in [1.807, 2.05) is 60.7 Å². The zero-order chi connectivity index (χ0) is 17.5. The van der Waals surface area contributed by atoms with Crippen LogP contribution in [0, 0.1) is 0 Å². The monoisotopic (exact) mass is 340 g/mol. The molecule has 1 aliphatic heterocycles. The van der Waals surface area contributed by atoms with E-state index in [1.54, 1.807) is 6.08 Å². The standard InChI is InChI=1S/C21H24O4/c1-2-18(23-13-16-9-5-3-6-10-16)21-20(22)19(15-25-21)24-14-17-11-7-4-8-12-17/h2-12,18-22H,1,13-15H2. The molecule has 0 radical (unpaired) electrons. The van der Waals surface area contributed by atoms with Gasteiger partial charge in [0.25, 0.3) is 0 Å². The van der Waals surface area contributed by atoms with E-state index in [1.165, 1.54) is 0 Å². The van der Waals surface area contributed by atoms with E-state index >= 15 is 0 Å². The fraction of sp³-hybridized carbons (Fsp3) is 0.333. The van der Waals surface area contributed by atoms with Gasteiger partial charge in [0, 0.05) is 0 Å². The Hall–Kier alpha value is -1.98. The predicted octanol–water partition coefficient (Wildman–Crippen LogP) is 3.10. The van der Waals surface area contributed by atoms with Crippen molar-refractivity contribution < 1.29 is 19.3 Å². The van der Waals surface area contributed by atoms with Crippen LogP contribution in [0.4, 0.5) is 0 Å². The lowest BCUT2D eigenvalue weighted by atomic mass is 10.1. The molecule has 2 aromatic rings. The topological polar surface area (TPSA) is 47.9 Å². The van der Waals surface area contributed by atoms with Crippen LogP contribution in [0.3, 0.4) is 0 Å². The third-order valence-electron chi connectivity index (χ3n) is 4.32. The van der Waals surface area contributed by atoms with Crippen LogP contribution in [0.1, 0.15) is 11.1 Å². The number of hydrogen-bond acceptors (Lipinski definition) is 4. The van der Waals surface area contributed by atoms with E-state index in [0.717, 1.165) is 11.1 Å². The average molecular weight is 340 g/mol. The van der Waals surface area contributed by atoms with E-state index in [2.05, 4.69) is 6.58 Å². The van der Waals surface area contributed by atoms with E-state index in [-0.39, 0.29) is 12.2 Å². The summed E-state index contributed by atoms with van der Waals surface area (Å²) in [6, 6.07) is 19.8. The summed E-state index contributed by atoms with van der Waals surface area (Å²) in [5, 5.41) is 10.5. The number of aliphatic hydroxyl groups is 1. The second-order valence-corrected chi connectivity index (χ2v) is 6.12. The Morgan fingerprint density at radius 2 is 1.64 bits per heavy atom. The summed E-state index contributed by atoms with van der Waals surface area (Å²) in [6.45, 7) is 5.05. The van der Waals surface area contributed by atoms with E-state index in [9.17, 15) is 5.11 Å². The smallest absolute Gasteiger partial charge is 0.116 e. The Labute approximate surface area is 148 Å². The van der Waals surface area contributed by atoms with Gasteiger partial charge in [0.1, 0.15) is 24.4 Å². The lowest BCUT2D eigenvalue weighted by Gasteiger charge is -2.24. The van der Waals surface area contributed by atoms with Gasteiger partial charge in [0.2, 0.25) is 0 Å². The van der Waals surface area contributed by atoms with Gasteiger partial charge in [0.05, 0.1) is 19.8 Å². The third-order valence-corrected chi connectivity index (χ3v) is 4.32. The number of benzene rings is 2. The Morgan fingerprint density at radius 1 is 1.04 bits per heavy atom. The van der Waals surface area contributed by atoms with Gasteiger partial charge in [-0.1, -0.05) is 66.7 Å². The summed E-state index contributed by atoms with van der Waals surface area (Å²) >= 11 is 0. The molecule has 132 valence electrons. The molecule has 1 saturated heterocycles. The number of aliphatic hydroxyl groups excluding tert-OH is 1. The fourth-order valence-corrected chi connectivity index (χ4v) is 2.89. The quantitative estimate of drug-likeness (QED) is 0.750. The van der Waals surface area contributed by atoms with Crippen molar-refractivity contribution in [3.05, 3.63) is 84.4 Å². The summed E-state index contributed by atoms with van der Waals surface area (Å²) in [7, 11) is 0. The van der Waals surface area contributed by atoms with Crippen LogP contribution in [-0.4, -0.2) is 36.1 Å².